The Morgan fingerprint density at radius 3 is 2.77 bits per heavy atom. The van der Waals surface area contributed by atoms with Crippen LogP contribution < -0.4 is 16.0 Å². The molecule has 7 nitrogen and oxygen atoms in total. The highest BCUT2D eigenvalue weighted by molar-refractivity contribution is 5.98. The molecule has 4 amide bonds. The molecule has 0 radical (unpaired) electrons. The molecule has 3 rings (SSSR count). The van der Waals surface area contributed by atoms with E-state index in [4.69, 9.17) is 0 Å². The van der Waals surface area contributed by atoms with Gasteiger partial charge in [0, 0.05) is 6.54 Å². The lowest BCUT2D eigenvalue weighted by atomic mass is 9.99. The molecule has 2 saturated heterocycles. The van der Waals surface area contributed by atoms with Gasteiger partial charge in [-0.1, -0.05) is 26.0 Å². The quantitative estimate of drug-likeness (QED) is 0.757. The Morgan fingerprint density at radius 1 is 1.35 bits per heavy atom. The summed E-state index contributed by atoms with van der Waals surface area (Å²) in [6, 6.07) is 3.86. The topological polar surface area (TPSA) is 90.5 Å². The summed E-state index contributed by atoms with van der Waals surface area (Å²) in [5, 5.41) is 7.95. The molecule has 0 saturated carbocycles. The summed E-state index contributed by atoms with van der Waals surface area (Å²) in [5.41, 5.74) is 0.0755. The zero-order valence-electron chi connectivity index (χ0n) is 14.8. The van der Waals surface area contributed by atoms with Crippen molar-refractivity contribution in [3.05, 3.63) is 30.1 Å². The lowest BCUT2D eigenvalue weighted by Crippen LogP contribution is -2.61. The SMILES string of the molecule is CC(C)C[C@H]1NC(=O)[C@@H]2C[C@H](NC(=O)Nc3ccccc3F)CN2C1=O. The highest BCUT2D eigenvalue weighted by Crippen LogP contribution is 2.25. The van der Waals surface area contributed by atoms with Crippen LogP contribution in [0.2, 0.25) is 0 Å². The highest BCUT2D eigenvalue weighted by Gasteiger charge is 2.46. The van der Waals surface area contributed by atoms with Gasteiger partial charge in [-0.3, -0.25) is 9.59 Å². The minimum atomic E-state index is -0.565. The minimum absolute atomic E-state index is 0.0755. The number of carbonyl (C=O) groups is 3. The largest absolute Gasteiger partial charge is 0.342 e. The molecule has 2 aliphatic heterocycles. The van der Waals surface area contributed by atoms with E-state index in [0.717, 1.165) is 0 Å². The molecule has 0 aliphatic carbocycles. The van der Waals surface area contributed by atoms with Gasteiger partial charge in [0.15, 0.2) is 0 Å². The maximum Gasteiger partial charge on any atom is 0.319 e. The van der Waals surface area contributed by atoms with E-state index in [1.165, 1.54) is 18.2 Å². The number of carbonyl (C=O) groups excluding carboxylic acids is 3. The number of nitrogens with zero attached hydrogens (tertiary/aromatic N) is 1. The van der Waals surface area contributed by atoms with Crippen LogP contribution >= 0.6 is 0 Å². The molecule has 0 bridgehead atoms. The van der Waals surface area contributed by atoms with Crippen molar-refractivity contribution in [1.82, 2.24) is 15.5 Å². The molecule has 140 valence electrons. The first-order valence-electron chi connectivity index (χ1n) is 8.78. The third kappa shape index (κ3) is 3.79. The molecule has 2 fully saturated rings. The number of nitrogens with one attached hydrogen (secondary N) is 3. The Labute approximate surface area is 151 Å². The number of hydrogen-bond acceptors (Lipinski definition) is 3. The monoisotopic (exact) mass is 362 g/mol. The molecule has 26 heavy (non-hydrogen) atoms. The molecular formula is C18H23FN4O3. The summed E-state index contributed by atoms with van der Waals surface area (Å²) in [6.45, 7) is 4.26. The normalized spacial score (nSPS) is 25.1. The first kappa shape index (κ1) is 18.2. The van der Waals surface area contributed by atoms with Crippen LogP contribution in [0.3, 0.4) is 0 Å². The Hall–Kier alpha value is -2.64. The van der Waals surface area contributed by atoms with Crippen LogP contribution in [-0.2, 0) is 9.59 Å². The molecule has 0 spiro atoms. The van der Waals surface area contributed by atoms with E-state index >= 15 is 0 Å². The van der Waals surface area contributed by atoms with Crippen molar-refractivity contribution in [3.8, 4) is 0 Å². The maximum atomic E-state index is 13.6. The number of para-hydroxylation sites is 1. The van der Waals surface area contributed by atoms with Crippen LogP contribution in [0, 0.1) is 11.7 Å². The van der Waals surface area contributed by atoms with Gasteiger partial charge in [0.25, 0.3) is 0 Å². The summed E-state index contributed by atoms with van der Waals surface area (Å²) in [7, 11) is 0. The second kappa shape index (κ2) is 7.31. The van der Waals surface area contributed by atoms with Gasteiger partial charge in [0.2, 0.25) is 11.8 Å². The standard InChI is InChI=1S/C18H23FN4O3/c1-10(2)7-14-17(25)23-9-11(8-15(23)16(24)21-14)20-18(26)22-13-6-4-3-5-12(13)19/h3-6,10-11,14-15H,7-9H2,1-2H3,(H,21,24)(H2,20,22,26)/t11-,14+,15-/m0/s1. The molecule has 2 aliphatic rings. The van der Waals surface area contributed by atoms with E-state index in [2.05, 4.69) is 16.0 Å². The van der Waals surface area contributed by atoms with Crippen molar-refractivity contribution in [2.24, 2.45) is 5.92 Å². The Bertz CT molecular complexity index is 724. The number of hydrogen-bond donors (Lipinski definition) is 3. The average molecular weight is 362 g/mol. The molecule has 0 unspecified atom stereocenters. The molecule has 3 atom stereocenters. The molecule has 3 N–H and O–H groups in total. The summed E-state index contributed by atoms with van der Waals surface area (Å²) in [5.74, 6) is -0.544. The van der Waals surface area contributed by atoms with Gasteiger partial charge in [-0.25, -0.2) is 9.18 Å². The van der Waals surface area contributed by atoms with Gasteiger partial charge in [-0.05, 0) is 30.9 Å². The van der Waals surface area contributed by atoms with Crippen molar-refractivity contribution in [2.75, 3.05) is 11.9 Å². The van der Waals surface area contributed by atoms with Gasteiger partial charge in [-0.15, -0.1) is 0 Å². The highest BCUT2D eigenvalue weighted by atomic mass is 19.1. The Morgan fingerprint density at radius 2 is 2.08 bits per heavy atom. The van der Waals surface area contributed by atoms with Crippen LogP contribution in [0.5, 0.6) is 0 Å². The predicted octanol–water partition coefficient (Wildman–Crippen LogP) is 1.46. The second-order valence-corrected chi connectivity index (χ2v) is 7.21. The van der Waals surface area contributed by atoms with Gasteiger partial charge in [0.1, 0.15) is 17.9 Å². The fraction of sp³-hybridized carbons (Fsp3) is 0.500. The number of halogens is 1. The third-order valence-electron chi connectivity index (χ3n) is 4.67. The molecule has 2 heterocycles. The number of amides is 4. The first-order chi connectivity index (χ1) is 12.3. The third-order valence-corrected chi connectivity index (χ3v) is 4.67. The maximum absolute atomic E-state index is 13.6. The van der Waals surface area contributed by atoms with Crippen LogP contribution in [0.1, 0.15) is 26.7 Å². The van der Waals surface area contributed by atoms with Crippen LogP contribution in [0.15, 0.2) is 24.3 Å². The van der Waals surface area contributed by atoms with E-state index < -0.39 is 23.9 Å². The van der Waals surface area contributed by atoms with Crippen LogP contribution in [-0.4, -0.2) is 47.4 Å². The smallest absolute Gasteiger partial charge is 0.319 e. The Balaban J connectivity index is 1.61. The van der Waals surface area contributed by atoms with Gasteiger partial charge < -0.3 is 20.9 Å². The predicted molar refractivity (Wildman–Crippen MR) is 93.8 cm³/mol. The minimum Gasteiger partial charge on any atom is -0.342 e. The number of fused-ring (bicyclic) bond motifs is 1. The first-order valence-corrected chi connectivity index (χ1v) is 8.78. The fourth-order valence-corrected chi connectivity index (χ4v) is 3.50. The van der Waals surface area contributed by atoms with Crippen molar-refractivity contribution < 1.29 is 18.8 Å². The zero-order valence-corrected chi connectivity index (χ0v) is 14.8. The van der Waals surface area contributed by atoms with E-state index in [9.17, 15) is 18.8 Å². The van der Waals surface area contributed by atoms with Crippen molar-refractivity contribution in [3.63, 3.8) is 0 Å². The van der Waals surface area contributed by atoms with E-state index in [0.29, 0.717) is 12.8 Å². The number of anilines is 1. The van der Waals surface area contributed by atoms with E-state index in [1.54, 1.807) is 11.0 Å². The molecule has 1 aromatic rings. The molecule has 8 heteroatoms. The van der Waals surface area contributed by atoms with Gasteiger partial charge in [-0.2, -0.15) is 0 Å². The average Bonchev–Trinajstić information content (AvgIpc) is 2.98. The van der Waals surface area contributed by atoms with Crippen molar-refractivity contribution in [1.29, 1.82) is 0 Å². The van der Waals surface area contributed by atoms with Crippen molar-refractivity contribution in [2.45, 2.75) is 44.8 Å². The molecule has 0 aromatic heterocycles. The van der Waals surface area contributed by atoms with Gasteiger partial charge >= 0.3 is 6.03 Å². The van der Waals surface area contributed by atoms with Crippen LogP contribution in [0.25, 0.3) is 0 Å². The summed E-state index contributed by atoms with van der Waals surface area (Å²) >= 11 is 0. The zero-order chi connectivity index (χ0) is 18.8. The van der Waals surface area contributed by atoms with Crippen LogP contribution in [0.4, 0.5) is 14.9 Å². The molecule has 1 aromatic carbocycles. The number of piperazine rings is 1. The lowest BCUT2D eigenvalue weighted by molar-refractivity contribution is -0.147. The number of rotatable bonds is 4. The Kier molecular flexibility index (Phi) is 5.11. The second-order valence-electron chi connectivity index (χ2n) is 7.21. The van der Waals surface area contributed by atoms with E-state index in [-0.39, 0.29) is 36.0 Å². The lowest BCUT2D eigenvalue weighted by Gasteiger charge is -2.35. The summed E-state index contributed by atoms with van der Waals surface area (Å²) < 4.78 is 13.6. The summed E-state index contributed by atoms with van der Waals surface area (Å²) in [4.78, 5) is 38.5. The molecular weight excluding hydrogens is 339 g/mol. The number of benzene rings is 1. The van der Waals surface area contributed by atoms with Gasteiger partial charge in [0.05, 0.1) is 11.7 Å². The van der Waals surface area contributed by atoms with E-state index in [1.807, 2.05) is 13.8 Å². The summed E-state index contributed by atoms with van der Waals surface area (Å²) in [6.07, 6.45) is 0.927. The van der Waals surface area contributed by atoms with Crippen molar-refractivity contribution >= 4 is 23.5 Å². The number of urea groups is 1. The fourth-order valence-electron chi connectivity index (χ4n) is 3.50.